The Bertz CT molecular complexity index is 331. The molecule has 6 nitrogen and oxygen atoms in total. The molecule has 1 aliphatic heterocycles. The van der Waals surface area contributed by atoms with Gasteiger partial charge in [-0.05, 0) is 27.7 Å². The van der Waals surface area contributed by atoms with Crippen molar-refractivity contribution in [3.8, 4) is 0 Å². The Hall–Kier alpha value is -1.30. The van der Waals surface area contributed by atoms with Crippen LogP contribution in [0.3, 0.4) is 0 Å². The van der Waals surface area contributed by atoms with Crippen molar-refractivity contribution in [3.05, 3.63) is 0 Å². The molecule has 1 aliphatic rings. The van der Waals surface area contributed by atoms with Gasteiger partial charge in [0.25, 0.3) is 0 Å². The minimum atomic E-state index is -0.460. The Balaban J connectivity index is 2.26. The molecule has 0 N–H and O–H groups in total. The van der Waals surface area contributed by atoms with E-state index in [2.05, 4.69) is 4.90 Å². The highest BCUT2D eigenvalue weighted by atomic mass is 16.6. The number of amides is 1. The van der Waals surface area contributed by atoms with E-state index in [-0.39, 0.29) is 12.1 Å². The lowest BCUT2D eigenvalue weighted by Gasteiger charge is -2.35. The van der Waals surface area contributed by atoms with Crippen molar-refractivity contribution in [1.82, 2.24) is 9.80 Å². The van der Waals surface area contributed by atoms with Crippen LogP contribution in [0.15, 0.2) is 0 Å². The second-order valence-corrected chi connectivity index (χ2v) is 5.86. The number of hydrogen-bond donors (Lipinski definition) is 0. The molecular formula is C14H26N2O4. The molecule has 0 aromatic heterocycles. The first-order valence-electron chi connectivity index (χ1n) is 7.17. The maximum atomic E-state index is 11.9. The highest BCUT2D eigenvalue weighted by Crippen LogP contribution is 2.12. The summed E-state index contributed by atoms with van der Waals surface area (Å²) in [4.78, 5) is 27.0. The van der Waals surface area contributed by atoms with E-state index in [0.29, 0.717) is 32.7 Å². The average molecular weight is 286 g/mol. The summed E-state index contributed by atoms with van der Waals surface area (Å²) in [5.74, 6) is -0.165. The maximum Gasteiger partial charge on any atom is 0.410 e. The van der Waals surface area contributed by atoms with Crippen LogP contribution in [0.1, 0.15) is 34.1 Å². The first-order chi connectivity index (χ1) is 9.31. The third-order valence-corrected chi connectivity index (χ3v) is 2.96. The fourth-order valence-electron chi connectivity index (χ4n) is 1.96. The van der Waals surface area contributed by atoms with Gasteiger partial charge >= 0.3 is 12.1 Å². The minimum Gasteiger partial charge on any atom is -0.466 e. The van der Waals surface area contributed by atoms with Crippen LogP contribution in [0.4, 0.5) is 4.79 Å². The topological polar surface area (TPSA) is 59.1 Å². The summed E-state index contributed by atoms with van der Waals surface area (Å²) in [6, 6.07) is 0. The molecule has 0 saturated carbocycles. The second kappa shape index (κ2) is 7.47. The summed E-state index contributed by atoms with van der Waals surface area (Å²) in [6.45, 7) is 11.3. The Morgan fingerprint density at radius 1 is 1.10 bits per heavy atom. The molecule has 0 aromatic rings. The predicted molar refractivity (Wildman–Crippen MR) is 75.5 cm³/mol. The van der Waals surface area contributed by atoms with E-state index in [1.807, 2.05) is 20.8 Å². The molecule has 0 bridgehead atoms. The zero-order valence-corrected chi connectivity index (χ0v) is 13.0. The second-order valence-electron chi connectivity index (χ2n) is 5.86. The molecule has 1 amide bonds. The number of rotatable bonds is 4. The van der Waals surface area contributed by atoms with E-state index in [1.165, 1.54) is 0 Å². The van der Waals surface area contributed by atoms with E-state index < -0.39 is 5.60 Å². The zero-order valence-electron chi connectivity index (χ0n) is 13.0. The van der Waals surface area contributed by atoms with Crippen molar-refractivity contribution in [1.29, 1.82) is 0 Å². The molecule has 1 heterocycles. The molecule has 0 radical (unpaired) electrons. The van der Waals surface area contributed by atoms with Crippen molar-refractivity contribution in [2.75, 3.05) is 39.3 Å². The molecule has 6 heteroatoms. The van der Waals surface area contributed by atoms with Crippen molar-refractivity contribution < 1.29 is 19.1 Å². The summed E-state index contributed by atoms with van der Waals surface area (Å²) in [6.07, 6.45) is 0.142. The minimum absolute atomic E-state index is 0.165. The SMILES string of the molecule is CCOC(=O)CCN1CCN(C(=O)OC(C)(C)C)CC1. The van der Waals surface area contributed by atoms with Gasteiger partial charge in [-0.2, -0.15) is 0 Å². The third-order valence-electron chi connectivity index (χ3n) is 2.96. The molecule has 0 aliphatic carbocycles. The summed E-state index contributed by atoms with van der Waals surface area (Å²) in [5, 5.41) is 0. The van der Waals surface area contributed by atoms with Crippen LogP contribution in [0.2, 0.25) is 0 Å². The van der Waals surface area contributed by atoms with Crippen LogP contribution in [0.25, 0.3) is 0 Å². The van der Waals surface area contributed by atoms with Crippen LogP contribution < -0.4 is 0 Å². The molecule has 1 rings (SSSR count). The lowest BCUT2D eigenvalue weighted by Crippen LogP contribution is -2.50. The molecule has 0 atom stereocenters. The number of hydrogen-bond acceptors (Lipinski definition) is 5. The summed E-state index contributed by atoms with van der Waals surface area (Å²) in [7, 11) is 0. The van der Waals surface area contributed by atoms with Gasteiger partial charge in [0.15, 0.2) is 0 Å². The lowest BCUT2D eigenvalue weighted by atomic mass is 10.2. The number of piperazine rings is 1. The van der Waals surface area contributed by atoms with Crippen molar-refractivity contribution >= 4 is 12.1 Å². The Kier molecular flexibility index (Phi) is 6.26. The van der Waals surface area contributed by atoms with Gasteiger partial charge in [-0.15, -0.1) is 0 Å². The predicted octanol–water partition coefficient (Wildman–Crippen LogP) is 1.49. The van der Waals surface area contributed by atoms with E-state index >= 15 is 0 Å². The van der Waals surface area contributed by atoms with Crippen molar-refractivity contribution in [2.24, 2.45) is 0 Å². The fraction of sp³-hybridized carbons (Fsp3) is 0.857. The van der Waals surface area contributed by atoms with E-state index in [0.717, 1.165) is 13.1 Å². The Morgan fingerprint density at radius 3 is 2.20 bits per heavy atom. The molecule has 0 unspecified atom stereocenters. The number of carbonyl (C=O) groups excluding carboxylic acids is 2. The highest BCUT2D eigenvalue weighted by molar-refractivity contribution is 5.69. The molecule has 1 saturated heterocycles. The standard InChI is InChI=1S/C14H26N2O4/c1-5-19-12(17)6-7-15-8-10-16(11-9-15)13(18)20-14(2,3)4/h5-11H2,1-4H3. The van der Waals surface area contributed by atoms with Gasteiger partial charge in [-0.25, -0.2) is 4.79 Å². The maximum absolute atomic E-state index is 11.9. The normalized spacial score (nSPS) is 16.9. The summed E-state index contributed by atoms with van der Waals surface area (Å²) < 4.78 is 10.2. The van der Waals surface area contributed by atoms with Gasteiger partial charge < -0.3 is 14.4 Å². The van der Waals surface area contributed by atoms with Crippen LogP contribution in [0.5, 0.6) is 0 Å². The van der Waals surface area contributed by atoms with Gasteiger partial charge in [-0.3, -0.25) is 9.69 Å². The monoisotopic (exact) mass is 286 g/mol. The summed E-state index contributed by atoms with van der Waals surface area (Å²) in [5.41, 5.74) is -0.460. The molecule has 1 fully saturated rings. The fourth-order valence-corrected chi connectivity index (χ4v) is 1.96. The molecular weight excluding hydrogens is 260 g/mol. The number of ether oxygens (including phenoxy) is 2. The van der Waals surface area contributed by atoms with Gasteiger partial charge in [-0.1, -0.05) is 0 Å². The van der Waals surface area contributed by atoms with Gasteiger partial charge in [0.05, 0.1) is 13.0 Å². The van der Waals surface area contributed by atoms with Crippen LogP contribution >= 0.6 is 0 Å². The Labute approximate surface area is 121 Å². The molecule has 0 spiro atoms. The largest absolute Gasteiger partial charge is 0.466 e. The quantitative estimate of drug-likeness (QED) is 0.733. The average Bonchev–Trinajstić information content (AvgIpc) is 2.35. The first-order valence-corrected chi connectivity index (χ1v) is 7.17. The van der Waals surface area contributed by atoms with Gasteiger partial charge in [0, 0.05) is 32.7 Å². The highest BCUT2D eigenvalue weighted by Gasteiger charge is 2.25. The summed E-state index contributed by atoms with van der Waals surface area (Å²) >= 11 is 0. The van der Waals surface area contributed by atoms with E-state index in [4.69, 9.17) is 9.47 Å². The zero-order chi connectivity index (χ0) is 15.2. The van der Waals surface area contributed by atoms with E-state index in [1.54, 1.807) is 11.8 Å². The van der Waals surface area contributed by atoms with Crippen molar-refractivity contribution in [2.45, 2.75) is 39.7 Å². The lowest BCUT2D eigenvalue weighted by molar-refractivity contribution is -0.143. The Morgan fingerprint density at radius 2 is 1.70 bits per heavy atom. The van der Waals surface area contributed by atoms with Crippen LogP contribution in [-0.2, 0) is 14.3 Å². The number of esters is 1. The number of carbonyl (C=O) groups is 2. The van der Waals surface area contributed by atoms with Gasteiger partial charge in [0.2, 0.25) is 0 Å². The first kappa shape index (κ1) is 16.8. The smallest absolute Gasteiger partial charge is 0.410 e. The van der Waals surface area contributed by atoms with Crippen molar-refractivity contribution in [3.63, 3.8) is 0 Å². The molecule has 0 aromatic carbocycles. The van der Waals surface area contributed by atoms with E-state index in [9.17, 15) is 9.59 Å². The van der Waals surface area contributed by atoms with Gasteiger partial charge in [0.1, 0.15) is 5.60 Å². The van der Waals surface area contributed by atoms with Crippen LogP contribution in [0, 0.1) is 0 Å². The molecule has 116 valence electrons. The molecule has 20 heavy (non-hydrogen) atoms. The number of nitrogens with zero attached hydrogens (tertiary/aromatic N) is 2. The third kappa shape index (κ3) is 6.23. The van der Waals surface area contributed by atoms with Crippen LogP contribution in [-0.4, -0.2) is 66.8 Å².